The van der Waals surface area contributed by atoms with Crippen LogP contribution in [0.15, 0.2) is 30.3 Å². The summed E-state index contributed by atoms with van der Waals surface area (Å²) in [6, 6.07) is 10.3. The Balaban J connectivity index is 2.04. The van der Waals surface area contributed by atoms with Crippen LogP contribution in [0.3, 0.4) is 0 Å². The fourth-order valence-electron chi connectivity index (χ4n) is 2.16. The topological polar surface area (TPSA) is 58.1 Å². The predicted molar refractivity (Wildman–Crippen MR) is 84.5 cm³/mol. The van der Waals surface area contributed by atoms with Crippen LogP contribution in [0.25, 0.3) is 0 Å². The number of benzene rings is 1. The Kier molecular flexibility index (Phi) is 5.41. The molecule has 0 saturated heterocycles. The standard InChI is InChI=1S/C15H20N4OS/c1-4-12-14(21-18-17-12)15(20)16-10-13(19(2)3)11-8-6-5-7-9-11/h5-9,13H,4,10H2,1-3H3,(H,16,20). The molecule has 0 radical (unpaired) electrons. The van der Waals surface area contributed by atoms with Crippen LogP contribution >= 0.6 is 11.5 Å². The lowest BCUT2D eigenvalue weighted by atomic mass is 10.1. The zero-order valence-electron chi connectivity index (χ0n) is 12.5. The van der Waals surface area contributed by atoms with Crippen molar-refractivity contribution in [3.05, 3.63) is 46.5 Å². The predicted octanol–water partition coefficient (Wildman–Crippen LogP) is 2.13. The van der Waals surface area contributed by atoms with Crippen molar-refractivity contribution in [2.24, 2.45) is 0 Å². The molecule has 0 aliphatic heterocycles. The van der Waals surface area contributed by atoms with E-state index < -0.39 is 0 Å². The maximum Gasteiger partial charge on any atom is 0.265 e. The average molecular weight is 304 g/mol. The molecule has 5 nitrogen and oxygen atoms in total. The summed E-state index contributed by atoms with van der Waals surface area (Å²) in [5.41, 5.74) is 1.94. The van der Waals surface area contributed by atoms with E-state index in [9.17, 15) is 4.79 Å². The fraction of sp³-hybridized carbons (Fsp3) is 0.400. The first kappa shape index (κ1) is 15.6. The Morgan fingerprint density at radius 1 is 1.33 bits per heavy atom. The van der Waals surface area contributed by atoms with Crippen LogP contribution in [0.4, 0.5) is 0 Å². The molecule has 0 aliphatic rings. The second kappa shape index (κ2) is 7.28. The van der Waals surface area contributed by atoms with Gasteiger partial charge in [-0.2, -0.15) is 0 Å². The highest BCUT2D eigenvalue weighted by Crippen LogP contribution is 2.17. The molecule has 0 spiro atoms. The summed E-state index contributed by atoms with van der Waals surface area (Å²) in [6.45, 7) is 2.52. The number of aromatic nitrogens is 2. The summed E-state index contributed by atoms with van der Waals surface area (Å²) in [6.07, 6.45) is 0.717. The number of carbonyl (C=O) groups is 1. The first-order valence-electron chi connectivity index (χ1n) is 6.94. The molecule has 0 saturated carbocycles. The Labute approximate surface area is 129 Å². The van der Waals surface area contributed by atoms with Gasteiger partial charge < -0.3 is 10.2 Å². The van der Waals surface area contributed by atoms with Crippen molar-refractivity contribution in [2.75, 3.05) is 20.6 Å². The number of rotatable bonds is 6. The van der Waals surface area contributed by atoms with Crippen molar-refractivity contribution in [3.63, 3.8) is 0 Å². The highest BCUT2D eigenvalue weighted by Gasteiger charge is 2.18. The van der Waals surface area contributed by atoms with E-state index in [2.05, 4.69) is 31.9 Å². The van der Waals surface area contributed by atoms with Gasteiger partial charge in [-0.05, 0) is 37.6 Å². The summed E-state index contributed by atoms with van der Waals surface area (Å²) in [7, 11) is 4.02. The van der Waals surface area contributed by atoms with Gasteiger partial charge in [0.25, 0.3) is 5.91 Å². The highest BCUT2D eigenvalue weighted by molar-refractivity contribution is 7.08. The number of nitrogens with one attached hydrogen (secondary N) is 1. The van der Waals surface area contributed by atoms with E-state index in [-0.39, 0.29) is 11.9 Å². The van der Waals surface area contributed by atoms with E-state index in [0.29, 0.717) is 11.4 Å². The van der Waals surface area contributed by atoms with Crippen LogP contribution in [-0.4, -0.2) is 41.0 Å². The summed E-state index contributed by atoms with van der Waals surface area (Å²) in [5, 5.41) is 6.96. The number of likely N-dealkylation sites (N-methyl/N-ethyl adjacent to an activating group) is 1. The van der Waals surface area contributed by atoms with Crippen LogP contribution in [0.2, 0.25) is 0 Å². The Morgan fingerprint density at radius 2 is 2.05 bits per heavy atom. The van der Waals surface area contributed by atoms with E-state index in [0.717, 1.165) is 23.6 Å². The van der Waals surface area contributed by atoms with E-state index in [4.69, 9.17) is 0 Å². The molecule has 1 amide bonds. The monoisotopic (exact) mass is 304 g/mol. The van der Waals surface area contributed by atoms with Gasteiger partial charge in [-0.15, -0.1) is 5.10 Å². The van der Waals surface area contributed by atoms with Crippen LogP contribution in [0.5, 0.6) is 0 Å². The number of amides is 1. The molecule has 2 aromatic rings. The third kappa shape index (κ3) is 3.86. The van der Waals surface area contributed by atoms with E-state index in [1.807, 2.05) is 39.2 Å². The quantitative estimate of drug-likeness (QED) is 0.888. The van der Waals surface area contributed by atoms with Gasteiger partial charge in [0, 0.05) is 6.54 Å². The normalized spacial score (nSPS) is 12.4. The molecular formula is C15H20N4OS. The molecule has 1 aromatic heterocycles. The lowest BCUT2D eigenvalue weighted by molar-refractivity contribution is 0.0945. The minimum atomic E-state index is -0.0929. The first-order chi connectivity index (χ1) is 10.1. The van der Waals surface area contributed by atoms with Crippen molar-refractivity contribution in [1.29, 1.82) is 0 Å². The molecule has 21 heavy (non-hydrogen) atoms. The third-order valence-corrected chi connectivity index (χ3v) is 4.13. The van der Waals surface area contributed by atoms with Crippen LogP contribution in [0, 0.1) is 0 Å². The molecule has 112 valence electrons. The summed E-state index contributed by atoms with van der Waals surface area (Å²) in [4.78, 5) is 15.0. The number of hydrogen-bond acceptors (Lipinski definition) is 5. The summed E-state index contributed by atoms with van der Waals surface area (Å²) in [5.74, 6) is -0.0929. The first-order valence-corrected chi connectivity index (χ1v) is 7.71. The molecule has 0 bridgehead atoms. The lowest BCUT2D eigenvalue weighted by Crippen LogP contribution is -2.34. The molecule has 1 unspecified atom stereocenters. The maximum absolute atomic E-state index is 12.2. The minimum absolute atomic E-state index is 0.0929. The summed E-state index contributed by atoms with van der Waals surface area (Å²) < 4.78 is 3.85. The van der Waals surface area contributed by atoms with Gasteiger partial charge in [0.2, 0.25) is 0 Å². The second-order valence-corrected chi connectivity index (χ2v) is 5.76. The molecule has 0 aliphatic carbocycles. The van der Waals surface area contributed by atoms with E-state index in [1.165, 1.54) is 5.56 Å². The second-order valence-electron chi connectivity index (χ2n) is 5.00. The molecule has 1 atom stereocenters. The largest absolute Gasteiger partial charge is 0.349 e. The lowest BCUT2D eigenvalue weighted by Gasteiger charge is -2.25. The molecule has 2 rings (SSSR count). The molecular weight excluding hydrogens is 284 g/mol. The molecule has 6 heteroatoms. The van der Waals surface area contributed by atoms with Crippen molar-refractivity contribution in [1.82, 2.24) is 19.8 Å². The Morgan fingerprint density at radius 3 is 2.67 bits per heavy atom. The van der Waals surface area contributed by atoms with Gasteiger partial charge in [0.05, 0.1) is 11.7 Å². The van der Waals surface area contributed by atoms with Crippen molar-refractivity contribution < 1.29 is 4.79 Å². The molecule has 1 aromatic carbocycles. The Bertz CT molecular complexity index is 582. The zero-order chi connectivity index (χ0) is 15.2. The maximum atomic E-state index is 12.2. The van der Waals surface area contributed by atoms with Gasteiger partial charge in [-0.1, -0.05) is 41.7 Å². The fourth-order valence-corrected chi connectivity index (χ4v) is 2.82. The SMILES string of the molecule is CCc1nnsc1C(=O)NCC(c1ccccc1)N(C)C. The van der Waals surface area contributed by atoms with Gasteiger partial charge in [0.1, 0.15) is 4.88 Å². The Hall–Kier alpha value is -1.79. The van der Waals surface area contributed by atoms with Crippen LogP contribution in [-0.2, 0) is 6.42 Å². The number of nitrogens with zero attached hydrogens (tertiary/aromatic N) is 3. The van der Waals surface area contributed by atoms with E-state index >= 15 is 0 Å². The van der Waals surface area contributed by atoms with Crippen LogP contribution in [0.1, 0.15) is 33.9 Å². The number of hydrogen-bond donors (Lipinski definition) is 1. The van der Waals surface area contributed by atoms with E-state index in [1.54, 1.807) is 0 Å². The van der Waals surface area contributed by atoms with Crippen LogP contribution < -0.4 is 5.32 Å². The smallest absolute Gasteiger partial charge is 0.265 e. The van der Waals surface area contributed by atoms with Crippen molar-refractivity contribution >= 4 is 17.4 Å². The highest BCUT2D eigenvalue weighted by atomic mass is 32.1. The average Bonchev–Trinajstić information content (AvgIpc) is 2.96. The number of carbonyl (C=O) groups excluding carboxylic acids is 1. The molecule has 1 heterocycles. The third-order valence-electron chi connectivity index (χ3n) is 3.36. The minimum Gasteiger partial charge on any atom is -0.349 e. The van der Waals surface area contributed by atoms with Gasteiger partial charge in [0.15, 0.2) is 0 Å². The van der Waals surface area contributed by atoms with Crippen molar-refractivity contribution in [3.8, 4) is 0 Å². The molecule has 0 fully saturated rings. The number of aryl methyl sites for hydroxylation is 1. The summed E-state index contributed by atoms with van der Waals surface area (Å²) >= 11 is 1.15. The van der Waals surface area contributed by atoms with Gasteiger partial charge in [-0.25, -0.2) is 0 Å². The van der Waals surface area contributed by atoms with Gasteiger partial charge >= 0.3 is 0 Å². The molecule has 1 N–H and O–H groups in total. The van der Waals surface area contributed by atoms with Gasteiger partial charge in [-0.3, -0.25) is 4.79 Å². The zero-order valence-corrected chi connectivity index (χ0v) is 13.4. The van der Waals surface area contributed by atoms with Crippen molar-refractivity contribution in [2.45, 2.75) is 19.4 Å².